The van der Waals surface area contributed by atoms with Gasteiger partial charge in [-0.3, -0.25) is 14.4 Å². The summed E-state index contributed by atoms with van der Waals surface area (Å²) in [6.45, 7) is 6.41. The molecule has 6 heteroatoms. The first-order valence-corrected chi connectivity index (χ1v) is 21.6. The molecule has 0 heterocycles. The standard InChI is InChI=1S/C46H80O6/c1-4-7-10-13-16-18-19-20-21-22-23-24-25-26-27-29-30-33-36-39-45(48)51-42-43(41-50-44(47)38-35-32-15-12-9-6-3)52-46(49)40-37-34-31-28-17-14-11-8-5-2/h7,10,16,18,20-21,23-24,43H,4-6,8-9,11-15,17,19,22,25-42H2,1-3H3/b10-7-,18-16-,21-20-,24-23-. The van der Waals surface area contributed by atoms with E-state index < -0.39 is 6.10 Å². The molecule has 1 unspecified atom stereocenters. The fourth-order valence-corrected chi connectivity index (χ4v) is 5.84. The lowest BCUT2D eigenvalue weighted by atomic mass is 10.1. The average molecular weight is 729 g/mol. The van der Waals surface area contributed by atoms with E-state index in [1.54, 1.807) is 0 Å². The second-order valence-electron chi connectivity index (χ2n) is 14.2. The number of carbonyl (C=O) groups is 3. The SMILES string of the molecule is CC/C=C\C/C=C\C/C=C\C/C=C\CCCCCCCCC(=O)OCC(COC(=O)CCCCCCCC)OC(=O)CCCCCCCCCCC. The van der Waals surface area contributed by atoms with E-state index in [9.17, 15) is 14.4 Å². The van der Waals surface area contributed by atoms with Crippen LogP contribution in [-0.4, -0.2) is 37.2 Å². The molecule has 0 aliphatic rings. The van der Waals surface area contributed by atoms with E-state index in [0.29, 0.717) is 19.3 Å². The zero-order valence-corrected chi connectivity index (χ0v) is 34.1. The van der Waals surface area contributed by atoms with E-state index in [4.69, 9.17) is 14.2 Å². The number of hydrogen-bond donors (Lipinski definition) is 0. The molecule has 0 aromatic rings. The monoisotopic (exact) mass is 729 g/mol. The predicted octanol–water partition coefficient (Wildman–Crippen LogP) is 13.6. The number of rotatable bonds is 38. The smallest absolute Gasteiger partial charge is 0.306 e. The predicted molar refractivity (Wildman–Crippen MR) is 219 cm³/mol. The second-order valence-corrected chi connectivity index (χ2v) is 14.2. The molecular formula is C46H80O6. The van der Waals surface area contributed by atoms with Crippen LogP contribution in [-0.2, 0) is 28.6 Å². The summed E-state index contributed by atoms with van der Waals surface area (Å²) in [5.41, 5.74) is 0. The van der Waals surface area contributed by atoms with Gasteiger partial charge in [0.15, 0.2) is 6.10 Å². The largest absolute Gasteiger partial charge is 0.462 e. The van der Waals surface area contributed by atoms with Crippen LogP contribution in [0, 0.1) is 0 Å². The van der Waals surface area contributed by atoms with Crippen LogP contribution in [0.4, 0.5) is 0 Å². The summed E-state index contributed by atoms with van der Waals surface area (Å²) in [7, 11) is 0. The lowest BCUT2D eigenvalue weighted by molar-refractivity contribution is -0.167. The average Bonchev–Trinajstić information content (AvgIpc) is 3.14. The topological polar surface area (TPSA) is 78.9 Å². The number of hydrogen-bond acceptors (Lipinski definition) is 6. The van der Waals surface area contributed by atoms with Crippen molar-refractivity contribution in [2.45, 2.75) is 213 Å². The minimum atomic E-state index is -0.770. The summed E-state index contributed by atoms with van der Waals surface area (Å²) in [5.74, 6) is -0.907. The molecule has 0 aliphatic heterocycles. The highest BCUT2D eigenvalue weighted by atomic mass is 16.6. The van der Waals surface area contributed by atoms with Crippen molar-refractivity contribution in [1.82, 2.24) is 0 Å². The van der Waals surface area contributed by atoms with Crippen LogP contribution in [0.2, 0.25) is 0 Å². The Balaban J connectivity index is 4.23. The molecule has 0 amide bonds. The number of ether oxygens (including phenoxy) is 3. The van der Waals surface area contributed by atoms with E-state index in [0.717, 1.165) is 89.9 Å². The molecule has 300 valence electrons. The maximum absolute atomic E-state index is 12.6. The maximum atomic E-state index is 12.6. The first-order chi connectivity index (χ1) is 25.5. The van der Waals surface area contributed by atoms with E-state index in [1.807, 2.05) is 0 Å². The van der Waals surface area contributed by atoms with Crippen LogP contribution in [0.1, 0.15) is 207 Å². The fourth-order valence-electron chi connectivity index (χ4n) is 5.84. The van der Waals surface area contributed by atoms with Gasteiger partial charge in [-0.2, -0.15) is 0 Å². The Labute approximate surface area is 320 Å². The minimum absolute atomic E-state index is 0.0770. The van der Waals surface area contributed by atoms with Crippen LogP contribution < -0.4 is 0 Å². The summed E-state index contributed by atoms with van der Waals surface area (Å²) in [6.07, 6.45) is 46.9. The summed E-state index contributed by atoms with van der Waals surface area (Å²) in [4.78, 5) is 37.4. The molecule has 0 saturated carbocycles. The lowest BCUT2D eigenvalue weighted by Gasteiger charge is -2.18. The number of allylic oxidation sites excluding steroid dienone is 8. The summed E-state index contributed by atoms with van der Waals surface area (Å²) >= 11 is 0. The molecule has 1 atom stereocenters. The third-order valence-electron chi connectivity index (χ3n) is 9.10. The van der Waals surface area contributed by atoms with E-state index in [1.165, 1.54) is 77.0 Å². The van der Waals surface area contributed by atoms with Crippen LogP contribution in [0.15, 0.2) is 48.6 Å². The third-order valence-corrected chi connectivity index (χ3v) is 9.10. The summed E-state index contributed by atoms with van der Waals surface area (Å²) in [5, 5.41) is 0. The lowest BCUT2D eigenvalue weighted by Crippen LogP contribution is -2.30. The zero-order valence-electron chi connectivity index (χ0n) is 34.1. The fraction of sp³-hybridized carbons (Fsp3) is 0.761. The van der Waals surface area contributed by atoms with Crippen LogP contribution in [0.3, 0.4) is 0 Å². The minimum Gasteiger partial charge on any atom is -0.462 e. The Morgan fingerprint density at radius 1 is 0.404 bits per heavy atom. The first-order valence-electron chi connectivity index (χ1n) is 21.6. The number of esters is 3. The molecular weight excluding hydrogens is 648 g/mol. The van der Waals surface area contributed by atoms with Gasteiger partial charge >= 0.3 is 17.9 Å². The number of carbonyl (C=O) groups excluding carboxylic acids is 3. The molecule has 0 spiro atoms. The van der Waals surface area contributed by atoms with Gasteiger partial charge in [0, 0.05) is 19.3 Å². The first kappa shape index (κ1) is 49.4. The van der Waals surface area contributed by atoms with Gasteiger partial charge in [0.1, 0.15) is 13.2 Å². The van der Waals surface area contributed by atoms with Gasteiger partial charge in [-0.25, -0.2) is 0 Å². The molecule has 0 saturated heterocycles. The Kier molecular flexibility index (Phi) is 39.1. The molecule has 0 aromatic heterocycles. The quantitative estimate of drug-likeness (QED) is 0.0272. The van der Waals surface area contributed by atoms with Crippen molar-refractivity contribution in [1.29, 1.82) is 0 Å². The van der Waals surface area contributed by atoms with Crippen molar-refractivity contribution in [3.05, 3.63) is 48.6 Å². The van der Waals surface area contributed by atoms with E-state index in [-0.39, 0.29) is 31.1 Å². The Hall–Kier alpha value is -2.63. The molecule has 0 aromatic carbocycles. The molecule has 0 fully saturated rings. The van der Waals surface area contributed by atoms with Gasteiger partial charge in [0.25, 0.3) is 0 Å². The molecule has 0 rings (SSSR count). The van der Waals surface area contributed by atoms with Crippen LogP contribution in [0.25, 0.3) is 0 Å². The molecule has 0 radical (unpaired) electrons. The van der Waals surface area contributed by atoms with E-state index >= 15 is 0 Å². The molecule has 0 N–H and O–H groups in total. The Bertz CT molecular complexity index is 933. The van der Waals surface area contributed by atoms with Gasteiger partial charge in [0.05, 0.1) is 0 Å². The van der Waals surface area contributed by atoms with Crippen molar-refractivity contribution in [2.75, 3.05) is 13.2 Å². The number of unbranched alkanes of at least 4 members (excludes halogenated alkanes) is 19. The zero-order chi connectivity index (χ0) is 38.0. The highest BCUT2D eigenvalue weighted by Crippen LogP contribution is 2.13. The van der Waals surface area contributed by atoms with Crippen molar-refractivity contribution >= 4 is 17.9 Å². The van der Waals surface area contributed by atoms with Crippen molar-refractivity contribution in [3.8, 4) is 0 Å². The van der Waals surface area contributed by atoms with Gasteiger partial charge in [-0.1, -0.05) is 179 Å². The van der Waals surface area contributed by atoms with Crippen LogP contribution >= 0.6 is 0 Å². The molecule has 0 bridgehead atoms. The Morgan fingerprint density at radius 2 is 0.750 bits per heavy atom. The van der Waals surface area contributed by atoms with Crippen LogP contribution in [0.5, 0.6) is 0 Å². The Morgan fingerprint density at radius 3 is 1.17 bits per heavy atom. The molecule has 0 aliphatic carbocycles. The van der Waals surface area contributed by atoms with Crippen molar-refractivity contribution < 1.29 is 28.6 Å². The highest BCUT2D eigenvalue weighted by Gasteiger charge is 2.19. The molecule has 52 heavy (non-hydrogen) atoms. The van der Waals surface area contributed by atoms with Crippen molar-refractivity contribution in [2.24, 2.45) is 0 Å². The maximum Gasteiger partial charge on any atom is 0.306 e. The van der Waals surface area contributed by atoms with Gasteiger partial charge in [-0.05, 0) is 57.8 Å². The highest BCUT2D eigenvalue weighted by molar-refractivity contribution is 5.71. The van der Waals surface area contributed by atoms with E-state index in [2.05, 4.69) is 69.4 Å². The van der Waals surface area contributed by atoms with Gasteiger partial charge in [0.2, 0.25) is 0 Å². The van der Waals surface area contributed by atoms with Gasteiger partial charge in [-0.15, -0.1) is 0 Å². The third kappa shape index (κ3) is 38.6. The summed E-state index contributed by atoms with van der Waals surface area (Å²) in [6, 6.07) is 0. The second kappa shape index (κ2) is 41.1. The van der Waals surface area contributed by atoms with Gasteiger partial charge < -0.3 is 14.2 Å². The summed E-state index contributed by atoms with van der Waals surface area (Å²) < 4.78 is 16.6. The normalized spacial score (nSPS) is 12.4. The van der Waals surface area contributed by atoms with Crippen molar-refractivity contribution in [3.63, 3.8) is 0 Å². The molecule has 6 nitrogen and oxygen atoms in total.